The molecule has 1 rings (SSSR count). The van der Waals surface area contributed by atoms with Crippen molar-refractivity contribution in [2.75, 3.05) is 20.3 Å². The zero-order valence-corrected chi connectivity index (χ0v) is 14.1. The number of hydrogen-bond acceptors (Lipinski definition) is 4. The first-order chi connectivity index (χ1) is 9.74. The predicted octanol–water partition coefficient (Wildman–Crippen LogP) is 2.73. The first kappa shape index (κ1) is 17.8. The van der Waals surface area contributed by atoms with Gasteiger partial charge < -0.3 is 19.9 Å². The molecule has 4 nitrogen and oxygen atoms in total. The molecule has 0 bridgehead atoms. The Balaban J connectivity index is 2.74. The van der Waals surface area contributed by atoms with Gasteiger partial charge >= 0.3 is 0 Å². The maximum Gasteiger partial charge on any atom is 0.123 e. The summed E-state index contributed by atoms with van der Waals surface area (Å²) in [6, 6.07) is 6.13. The van der Waals surface area contributed by atoms with Crippen LogP contribution in [0, 0.1) is 0 Å². The number of methoxy groups -OCH3 is 1. The Labute approximate surface area is 128 Å². The quantitative estimate of drug-likeness (QED) is 0.812. The lowest BCUT2D eigenvalue weighted by atomic mass is 9.86. The molecule has 0 heterocycles. The SMILES string of the molecule is COc1ccc(OC[C@H](O)CNC(C)C)c(C(C)(C)C)c1. The van der Waals surface area contributed by atoms with Crippen LogP contribution in [0.4, 0.5) is 0 Å². The second-order valence-corrected chi connectivity index (χ2v) is 6.64. The van der Waals surface area contributed by atoms with Crippen molar-refractivity contribution in [1.29, 1.82) is 0 Å². The fourth-order valence-electron chi connectivity index (χ4n) is 1.96. The minimum Gasteiger partial charge on any atom is -0.497 e. The lowest BCUT2D eigenvalue weighted by Crippen LogP contribution is -2.35. The van der Waals surface area contributed by atoms with Gasteiger partial charge in [-0.25, -0.2) is 0 Å². The summed E-state index contributed by atoms with van der Waals surface area (Å²) in [5.74, 6) is 1.61. The first-order valence-corrected chi connectivity index (χ1v) is 7.46. The minimum atomic E-state index is -0.526. The van der Waals surface area contributed by atoms with Crippen LogP contribution in [0.1, 0.15) is 40.2 Å². The smallest absolute Gasteiger partial charge is 0.123 e. The molecule has 0 amide bonds. The topological polar surface area (TPSA) is 50.7 Å². The largest absolute Gasteiger partial charge is 0.497 e. The van der Waals surface area contributed by atoms with Gasteiger partial charge in [0.25, 0.3) is 0 Å². The molecule has 21 heavy (non-hydrogen) atoms. The monoisotopic (exact) mass is 295 g/mol. The molecule has 2 N–H and O–H groups in total. The summed E-state index contributed by atoms with van der Waals surface area (Å²) in [6.07, 6.45) is -0.526. The molecule has 4 heteroatoms. The Morgan fingerprint density at radius 3 is 2.43 bits per heavy atom. The van der Waals surface area contributed by atoms with E-state index in [0.717, 1.165) is 17.1 Å². The van der Waals surface area contributed by atoms with E-state index in [1.165, 1.54) is 0 Å². The Morgan fingerprint density at radius 2 is 1.90 bits per heavy atom. The average Bonchev–Trinajstić information content (AvgIpc) is 2.41. The minimum absolute atomic E-state index is 0.0506. The number of ether oxygens (including phenoxy) is 2. The van der Waals surface area contributed by atoms with Crippen LogP contribution in [0.25, 0.3) is 0 Å². The van der Waals surface area contributed by atoms with Gasteiger partial charge in [0, 0.05) is 18.2 Å². The van der Waals surface area contributed by atoms with Gasteiger partial charge in [0.2, 0.25) is 0 Å². The summed E-state index contributed by atoms with van der Waals surface area (Å²) < 4.78 is 11.1. The molecule has 0 aromatic heterocycles. The van der Waals surface area contributed by atoms with Crippen LogP contribution < -0.4 is 14.8 Å². The van der Waals surface area contributed by atoms with Crippen LogP contribution >= 0.6 is 0 Å². The predicted molar refractivity (Wildman–Crippen MR) is 86.3 cm³/mol. The van der Waals surface area contributed by atoms with E-state index < -0.39 is 6.10 Å². The normalized spacial score (nSPS) is 13.3. The van der Waals surface area contributed by atoms with Crippen molar-refractivity contribution in [3.05, 3.63) is 23.8 Å². The molecule has 1 aromatic carbocycles. The average molecular weight is 295 g/mol. The molecule has 1 atom stereocenters. The van der Waals surface area contributed by atoms with E-state index >= 15 is 0 Å². The van der Waals surface area contributed by atoms with Crippen LogP contribution in [-0.2, 0) is 5.41 Å². The van der Waals surface area contributed by atoms with E-state index in [-0.39, 0.29) is 12.0 Å². The second-order valence-electron chi connectivity index (χ2n) is 6.64. The third-order valence-corrected chi connectivity index (χ3v) is 3.19. The molecule has 0 saturated heterocycles. The fraction of sp³-hybridized carbons (Fsp3) is 0.647. The maximum absolute atomic E-state index is 9.94. The summed E-state index contributed by atoms with van der Waals surface area (Å²) in [4.78, 5) is 0. The zero-order valence-electron chi connectivity index (χ0n) is 14.1. The summed E-state index contributed by atoms with van der Waals surface area (Å²) in [5.41, 5.74) is 1.02. The molecule has 0 unspecified atom stereocenters. The molecule has 0 radical (unpaired) electrons. The van der Waals surface area contributed by atoms with Crippen molar-refractivity contribution in [3.63, 3.8) is 0 Å². The number of benzene rings is 1. The lowest BCUT2D eigenvalue weighted by Gasteiger charge is -2.24. The highest BCUT2D eigenvalue weighted by atomic mass is 16.5. The van der Waals surface area contributed by atoms with Gasteiger partial charge in [-0.3, -0.25) is 0 Å². The van der Waals surface area contributed by atoms with E-state index in [4.69, 9.17) is 9.47 Å². The lowest BCUT2D eigenvalue weighted by molar-refractivity contribution is 0.103. The van der Waals surface area contributed by atoms with Crippen molar-refractivity contribution in [2.45, 2.75) is 52.2 Å². The van der Waals surface area contributed by atoms with Gasteiger partial charge in [-0.2, -0.15) is 0 Å². The number of hydrogen-bond donors (Lipinski definition) is 2. The second kappa shape index (κ2) is 7.66. The van der Waals surface area contributed by atoms with Crippen molar-refractivity contribution in [2.24, 2.45) is 0 Å². The van der Waals surface area contributed by atoms with Gasteiger partial charge in [-0.05, 0) is 23.6 Å². The summed E-state index contributed by atoms with van der Waals surface area (Å²) in [5, 5.41) is 13.1. The summed E-state index contributed by atoms with van der Waals surface area (Å²) in [6.45, 7) is 11.3. The first-order valence-electron chi connectivity index (χ1n) is 7.46. The molecule has 0 aliphatic heterocycles. The van der Waals surface area contributed by atoms with E-state index in [9.17, 15) is 5.11 Å². The third-order valence-electron chi connectivity index (χ3n) is 3.19. The number of aliphatic hydroxyl groups is 1. The van der Waals surface area contributed by atoms with E-state index in [2.05, 4.69) is 39.9 Å². The number of aliphatic hydroxyl groups excluding tert-OH is 1. The van der Waals surface area contributed by atoms with Gasteiger partial charge in [0.1, 0.15) is 24.2 Å². The molecular weight excluding hydrogens is 266 g/mol. The van der Waals surface area contributed by atoms with Crippen LogP contribution in [0.2, 0.25) is 0 Å². The van der Waals surface area contributed by atoms with Gasteiger partial charge in [0.05, 0.1) is 7.11 Å². The molecule has 0 fully saturated rings. The van der Waals surface area contributed by atoms with E-state index in [0.29, 0.717) is 12.6 Å². The highest BCUT2D eigenvalue weighted by Crippen LogP contribution is 2.34. The van der Waals surface area contributed by atoms with Crippen LogP contribution in [0.5, 0.6) is 11.5 Å². The molecule has 1 aromatic rings. The Morgan fingerprint density at radius 1 is 1.24 bits per heavy atom. The highest BCUT2D eigenvalue weighted by molar-refractivity contribution is 5.44. The highest BCUT2D eigenvalue weighted by Gasteiger charge is 2.20. The van der Waals surface area contributed by atoms with Crippen molar-refractivity contribution in [3.8, 4) is 11.5 Å². The van der Waals surface area contributed by atoms with Gasteiger partial charge in [0.15, 0.2) is 0 Å². The molecule has 0 aliphatic rings. The Bertz CT molecular complexity index is 438. The standard InChI is InChI=1S/C17H29NO3/c1-12(2)18-10-13(19)11-21-16-8-7-14(20-6)9-15(16)17(3,4)5/h7-9,12-13,18-19H,10-11H2,1-6H3/t13-/m1/s1. The van der Waals surface area contributed by atoms with E-state index in [1.807, 2.05) is 18.2 Å². The van der Waals surface area contributed by atoms with Gasteiger partial charge in [-0.1, -0.05) is 34.6 Å². The Hall–Kier alpha value is -1.26. The summed E-state index contributed by atoms with van der Waals surface area (Å²) in [7, 11) is 1.66. The van der Waals surface area contributed by atoms with Crippen molar-refractivity contribution >= 4 is 0 Å². The molecule has 0 spiro atoms. The zero-order chi connectivity index (χ0) is 16.0. The van der Waals surface area contributed by atoms with Gasteiger partial charge in [-0.15, -0.1) is 0 Å². The third kappa shape index (κ3) is 5.94. The molecule has 0 saturated carbocycles. The maximum atomic E-state index is 9.94. The molecule has 0 aliphatic carbocycles. The van der Waals surface area contributed by atoms with Crippen LogP contribution in [-0.4, -0.2) is 37.5 Å². The number of nitrogens with one attached hydrogen (secondary N) is 1. The van der Waals surface area contributed by atoms with Crippen LogP contribution in [0.3, 0.4) is 0 Å². The molecular formula is C17H29NO3. The van der Waals surface area contributed by atoms with Crippen molar-refractivity contribution in [1.82, 2.24) is 5.32 Å². The summed E-state index contributed by atoms with van der Waals surface area (Å²) >= 11 is 0. The molecule has 120 valence electrons. The van der Waals surface area contributed by atoms with Crippen LogP contribution in [0.15, 0.2) is 18.2 Å². The fourth-order valence-corrected chi connectivity index (χ4v) is 1.96. The number of rotatable bonds is 7. The van der Waals surface area contributed by atoms with E-state index in [1.54, 1.807) is 7.11 Å². The van der Waals surface area contributed by atoms with Crippen molar-refractivity contribution < 1.29 is 14.6 Å². The Kier molecular flexibility index (Phi) is 6.49.